The fourth-order valence-corrected chi connectivity index (χ4v) is 2.38. The third-order valence-corrected chi connectivity index (χ3v) is 3.75. The van der Waals surface area contributed by atoms with Crippen molar-refractivity contribution in [2.24, 2.45) is 0 Å². The molecule has 0 bridgehead atoms. The molecule has 1 unspecified atom stereocenters. The highest BCUT2D eigenvalue weighted by atomic mass is 32.2. The van der Waals surface area contributed by atoms with Gasteiger partial charge < -0.3 is 11.1 Å². The van der Waals surface area contributed by atoms with E-state index in [1.54, 1.807) is 6.92 Å². The average molecular weight is 306 g/mol. The van der Waals surface area contributed by atoms with E-state index in [1.165, 1.54) is 6.07 Å². The van der Waals surface area contributed by atoms with Crippen molar-refractivity contribution in [1.29, 1.82) is 0 Å². The zero-order valence-electron chi connectivity index (χ0n) is 11.3. The van der Waals surface area contributed by atoms with Gasteiger partial charge in [-0.1, -0.05) is 6.92 Å². The smallest absolute Gasteiger partial charge is 0.398 e. The molecule has 0 aromatic heterocycles. The molecule has 3 nitrogen and oxygen atoms in total. The Bertz CT molecular complexity index is 477. The van der Waals surface area contributed by atoms with Crippen molar-refractivity contribution in [3.63, 3.8) is 0 Å². The number of hydrogen-bond donors (Lipinski definition) is 2. The molecular weight excluding hydrogens is 289 g/mol. The molecule has 0 saturated heterocycles. The number of amides is 1. The lowest BCUT2D eigenvalue weighted by molar-refractivity contribution is -0.137. The number of carbonyl (C=O) groups is 1. The maximum absolute atomic E-state index is 12.5. The van der Waals surface area contributed by atoms with Gasteiger partial charge >= 0.3 is 6.18 Å². The molecule has 1 amide bonds. The molecule has 0 fully saturated rings. The van der Waals surface area contributed by atoms with Gasteiger partial charge in [-0.3, -0.25) is 4.79 Å². The molecule has 1 atom stereocenters. The number of halogens is 3. The minimum Gasteiger partial charge on any atom is -0.398 e. The number of alkyl halides is 3. The summed E-state index contributed by atoms with van der Waals surface area (Å²) in [5, 5.41) is 2.31. The second kappa shape index (κ2) is 6.88. The number of nitrogens with one attached hydrogen (secondary N) is 1. The quantitative estimate of drug-likeness (QED) is 0.648. The van der Waals surface area contributed by atoms with Crippen LogP contribution < -0.4 is 11.1 Å². The number of nitrogens with two attached hydrogens (primary N) is 1. The molecule has 0 aliphatic heterocycles. The summed E-state index contributed by atoms with van der Waals surface area (Å²) in [6.07, 6.45) is -3.59. The normalized spacial score (nSPS) is 13.1. The van der Waals surface area contributed by atoms with Gasteiger partial charge in [-0.15, -0.1) is 11.8 Å². The zero-order valence-corrected chi connectivity index (χ0v) is 12.1. The van der Waals surface area contributed by atoms with Crippen LogP contribution in [0, 0.1) is 0 Å². The fourth-order valence-electron chi connectivity index (χ4n) is 1.47. The summed E-state index contributed by atoms with van der Waals surface area (Å²) in [7, 11) is 0. The van der Waals surface area contributed by atoms with Crippen LogP contribution >= 0.6 is 11.8 Å². The summed E-state index contributed by atoms with van der Waals surface area (Å²) in [6.45, 7) is 4.20. The molecule has 1 aromatic rings. The predicted octanol–water partition coefficient (Wildman–Crippen LogP) is 3.29. The Morgan fingerprint density at radius 2 is 2.10 bits per heavy atom. The summed E-state index contributed by atoms with van der Waals surface area (Å²) in [4.78, 5) is 12.2. The van der Waals surface area contributed by atoms with Crippen LogP contribution in [0.4, 0.5) is 18.9 Å². The molecule has 112 valence electrons. The van der Waals surface area contributed by atoms with Crippen LogP contribution in [-0.4, -0.2) is 17.7 Å². The predicted molar refractivity (Wildman–Crippen MR) is 74.5 cm³/mol. The lowest BCUT2D eigenvalue weighted by Gasteiger charge is -2.14. The zero-order chi connectivity index (χ0) is 15.3. The van der Waals surface area contributed by atoms with Gasteiger partial charge in [-0.05, 0) is 31.5 Å². The van der Waals surface area contributed by atoms with E-state index in [9.17, 15) is 18.0 Å². The first-order chi connectivity index (χ1) is 9.25. The van der Waals surface area contributed by atoms with Crippen molar-refractivity contribution in [2.45, 2.75) is 36.6 Å². The maximum Gasteiger partial charge on any atom is 0.416 e. The Morgan fingerprint density at radius 3 is 2.60 bits per heavy atom. The monoisotopic (exact) mass is 306 g/mol. The molecular formula is C13H17F3N2OS. The summed E-state index contributed by atoms with van der Waals surface area (Å²) >= 11 is 1.14. The van der Waals surface area contributed by atoms with Crippen LogP contribution in [0.25, 0.3) is 0 Å². The summed E-state index contributed by atoms with van der Waals surface area (Å²) in [6, 6.07) is 3.15. The number of benzene rings is 1. The van der Waals surface area contributed by atoms with Gasteiger partial charge in [0.2, 0.25) is 5.91 Å². The third-order valence-electron chi connectivity index (χ3n) is 2.56. The molecule has 0 aliphatic rings. The van der Waals surface area contributed by atoms with E-state index in [0.717, 1.165) is 30.3 Å². The van der Waals surface area contributed by atoms with Crippen molar-refractivity contribution < 1.29 is 18.0 Å². The van der Waals surface area contributed by atoms with Crippen LogP contribution in [0.15, 0.2) is 23.1 Å². The molecule has 0 radical (unpaired) electrons. The summed E-state index contributed by atoms with van der Waals surface area (Å²) < 4.78 is 37.5. The first-order valence-electron chi connectivity index (χ1n) is 6.16. The second-order valence-corrected chi connectivity index (χ2v) is 5.68. The van der Waals surface area contributed by atoms with E-state index in [1.807, 2.05) is 6.92 Å². The lowest BCUT2D eigenvalue weighted by Crippen LogP contribution is -2.31. The first-order valence-corrected chi connectivity index (χ1v) is 7.04. The van der Waals surface area contributed by atoms with Crippen LogP contribution in [-0.2, 0) is 11.0 Å². The first kappa shape index (κ1) is 16.7. The Kier molecular flexibility index (Phi) is 5.74. The average Bonchev–Trinajstić information content (AvgIpc) is 2.36. The molecule has 0 spiro atoms. The number of rotatable bonds is 5. The van der Waals surface area contributed by atoms with Gasteiger partial charge in [0.25, 0.3) is 0 Å². The third kappa shape index (κ3) is 4.63. The molecule has 1 rings (SSSR count). The van der Waals surface area contributed by atoms with Crippen molar-refractivity contribution in [3.05, 3.63) is 23.8 Å². The molecule has 0 saturated carbocycles. The molecule has 0 aliphatic carbocycles. The van der Waals surface area contributed by atoms with Crippen LogP contribution in [0.2, 0.25) is 0 Å². The minimum atomic E-state index is -4.42. The van der Waals surface area contributed by atoms with Gasteiger partial charge in [0, 0.05) is 17.1 Å². The molecule has 20 heavy (non-hydrogen) atoms. The Labute approximate surface area is 120 Å². The molecule has 3 N–H and O–H groups in total. The van der Waals surface area contributed by atoms with Crippen LogP contribution in [0.5, 0.6) is 0 Å². The standard InChI is InChI=1S/C13H17F3N2OS/c1-3-6-18-12(19)8(2)20-11-5-4-9(7-10(11)17)13(14,15)16/h4-5,7-8H,3,6,17H2,1-2H3,(H,18,19). The second-order valence-electron chi connectivity index (χ2n) is 4.30. The van der Waals surface area contributed by atoms with Crippen molar-refractivity contribution in [3.8, 4) is 0 Å². The number of hydrogen-bond acceptors (Lipinski definition) is 3. The lowest BCUT2D eigenvalue weighted by atomic mass is 10.2. The van der Waals surface area contributed by atoms with E-state index in [2.05, 4.69) is 5.32 Å². The largest absolute Gasteiger partial charge is 0.416 e. The summed E-state index contributed by atoms with van der Waals surface area (Å²) in [5.41, 5.74) is 4.85. The van der Waals surface area contributed by atoms with Gasteiger partial charge in [-0.25, -0.2) is 0 Å². The van der Waals surface area contributed by atoms with E-state index in [0.29, 0.717) is 11.4 Å². The van der Waals surface area contributed by atoms with E-state index < -0.39 is 17.0 Å². The molecule has 0 heterocycles. The van der Waals surface area contributed by atoms with E-state index >= 15 is 0 Å². The summed E-state index contributed by atoms with van der Waals surface area (Å²) in [5.74, 6) is -0.156. The topological polar surface area (TPSA) is 55.1 Å². The minimum absolute atomic E-state index is 0.0277. The highest BCUT2D eigenvalue weighted by Gasteiger charge is 2.31. The number of carbonyl (C=O) groups excluding carboxylic acids is 1. The van der Waals surface area contributed by atoms with Crippen molar-refractivity contribution in [1.82, 2.24) is 5.32 Å². The molecule has 7 heteroatoms. The Balaban J connectivity index is 2.76. The maximum atomic E-state index is 12.5. The van der Waals surface area contributed by atoms with Crippen LogP contribution in [0.1, 0.15) is 25.8 Å². The van der Waals surface area contributed by atoms with E-state index in [-0.39, 0.29) is 11.6 Å². The van der Waals surface area contributed by atoms with Gasteiger partial charge in [0.1, 0.15) is 0 Å². The van der Waals surface area contributed by atoms with E-state index in [4.69, 9.17) is 5.73 Å². The van der Waals surface area contributed by atoms with Crippen molar-refractivity contribution in [2.75, 3.05) is 12.3 Å². The van der Waals surface area contributed by atoms with Gasteiger partial charge in [-0.2, -0.15) is 13.2 Å². The molecule has 1 aromatic carbocycles. The number of thioether (sulfide) groups is 1. The van der Waals surface area contributed by atoms with Gasteiger partial charge in [0.05, 0.1) is 10.8 Å². The number of anilines is 1. The van der Waals surface area contributed by atoms with Crippen molar-refractivity contribution >= 4 is 23.4 Å². The Morgan fingerprint density at radius 1 is 1.45 bits per heavy atom. The van der Waals surface area contributed by atoms with Crippen LogP contribution in [0.3, 0.4) is 0 Å². The van der Waals surface area contributed by atoms with Gasteiger partial charge in [0.15, 0.2) is 0 Å². The Hall–Kier alpha value is -1.37. The SMILES string of the molecule is CCCNC(=O)C(C)Sc1ccc(C(F)(F)F)cc1N. The number of nitrogen functional groups attached to an aromatic ring is 1. The highest BCUT2D eigenvalue weighted by Crippen LogP contribution is 2.35. The highest BCUT2D eigenvalue weighted by molar-refractivity contribution is 8.00. The fraction of sp³-hybridized carbons (Fsp3) is 0.462.